The molecule has 0 spiro atoms. The Bertz CT molecular complexity index is 660. The molecule has 2 aliphatic rings. The highest BCUT2D eigenvalue weighted by molar-refractivity contribution is 6.11. The minimum Gasteiger partial charge on any atom is -0.364 e. The zero-order valence-corrected chi connectivity index (χ0v) is 12.0. The van der Waals surface area contributed by atoms with Crippen LogP contribution in [-0.4, -0.2) is 48.1 Å². The largest absolute Gasteiger partial charge is 0.364 e. The van der Waals surface area contributed by atoms with E-state index in [1.165, 1.54) is 35.1 Å². The van der Waals surface area contributed by atoms with E-state index in [0.717, 1.165) is 6.42 Å². The van der Waals surface area contributed by atoms with Crippen molar-refractivity contribution >= 4 is 23.2 Å². The van der Waals surface area contributed by atoms with Crippen LogP contribution in [-0.2, 0) is 9.53 Å². The number of methoxy groups -OCH3 is 1. The number of anilines is 1. The number of carbonyl (C=O) groups excluding carboxylic acids is 2. The number of carbonyl (C=O) groups is 2. The quantitative estimate of drug-likeness (QED) is 0.617. The molecule has 8 nitrogen and oxygen atoms in total. The Kier molecular flexibility index (Phi) is 3.53. The zero-order chi connectivity index (χ0) is 15.9. The fraction of sp³-hybridized carbons (Fsp3) is 0.429. The fourth-order valence-corrected chi connectivity index (χ4v) is 3.03. The highest BCUT2D eigenvalue weighted by Gasteiger charge is 2.42. The molecule has 3 rings (SSSR count). The van der Waals surface area contributed by atoms with Crippen molar-refractivity contribution in [1.82, 2.24) is 4.90 Å². The molecule has 1 aromatic rings. The summed E-state index contributed by atoms with van der Waals surface area (Å²) in [6.07, 6.45) is 1.34. The van der Waals surface area contributed by atoms with Gasteiger partial charge in [0.1, 0.15) is 12.8 Å². The van der Waals surface area contributed by atoms with Crippen LogP contribution in [0, 0.1) is 10.1 Å². The summed E-state index contributed by atoms with van der Waals surface area (Å²) in [4.78, 5) is 38.6. The molecule has 1 aromatic carbocycles. The second-order valence-corrected chi connectivity index (χ2v) is 5.30. The number of hydrogen-bond acceptors (Lipinski definition) is 5. The number of ether oxygens (including phenoxy) is 1. The maximum absolute atomic E-state index is 12.7. The van der Waals surface area contributed by atoms with Gasteiger partial charge in [0.05, 0.1) is 16.2 Å². The van der Waals surface area contributed by atoms with Gasteiger partial charge in [-0.25, -0.2) is 0 Å². The van der Waals surface area contributed by atoms with E-state index in [1.54, 1.807) is 0 Å². The molecule has 1 atom stereocenters. The summed E-state index contributed by atoms with van der Waals surface area (Å²) in [6.45, 7) is 0.486. The molecule has 22 heavy (non-hydrogen) atoms. The lowest BCUT2D eigenvalue weighted by atomic mass is 10.1. The average Bonchev–Trinajstić information content (AvgIpc) is 2.97. The van der Waals surface area contributed by atoms with E-state index in [2.05, 4.69) is 0 Å². The Balaban J connectivity index is 2.16. The number of rotatable bonds is 3. The average molecular weight is 305 g/mol. The highest BCUT2D eigenvalue weighted by atomic mass is 16.6. The van der Waals surface area contributed by atoms with Crippen LogP contribution in [0.1, 0.15) is 23.2 Å². The van der Waals surface area contributed by atoms with Crippen LogP contribution in [0.5, 0.6) is 0 Å². The van der Waals surface area contributed by atoms with Gasteiger partial charge < -0.3 is 9.64 Å². The minimum absolute atomic E-state index is 0.00125. The lowest BCUT2D eigenvalue weighted by Crippen LogP contribution is -2.45. The Morgan fingerprint density at radius 1 is 1.41 bits per heavy atom. The summed E-state index contributed by atoms with van der Waals surface area (Å²) >= 11 is 0. The SMILES string of the molecule is COCN1C(=O)C2CCCN2C(=O)c2cc([N+](=O)[O-])ccc21. The molecule has 0 saturated carbocycles. The van der Waals surface area contributed by atoms with Gasteiger partial charge in [0.25, 0.3) is 17.5 Å². The summed E-state index contributed by atoms with van der Waals surface area (Å²) in [5.41, 5.74) is 0.357. The molecular formula is C14H15N3O5. The molecule has 2 heterocycles. The number of non-ortho nitro benzene ring substituents is 1. The Morgan fingerprint density at radius 3 is 2.86 bits per heavy atom. The summed E-state index contributed by atoms with van der Waals surface area (Å²) in [5.74, 6) is -0.548. The number of amides is 2. The molecule has 0 aromatic heterocycles. The number of fused-ring (bicyclic) bond motifs is 2. The van der Waals surface area contributed by atoms with Crippen molar-refractivity contribution in [2.45, 2.75) is 18.9 Å². The van der Waals surface area contributed by atoms with Crippen LogP contribution >= 0.6 is 0 Å². The van der Waals surface area contributed by atoms with Crippen molar-refractivity contribution in [3.63, 3.8) is 0 Å². The van der Waals surface area contributed by atoms with Gasteiger partial charge in [-0.1, -0.05) is 0 Å². The molecule has 1 unspecified atom stereocenters. The molecule has 0 bridgehead atoms. The molecule has 1 fully saturated rings. The molecule has 0 aliphatic carbocycles. The lowest BCUT2D eigenvalue weighted by Gasteiger charge is -2.25. The molecule has 0 radical (unpaired) electrons. The van der Waals surface area contributed by atoms with E-state index >= 15 is 0 Å². The van der Waals surface area contributed by atoms with E-state index in [1.807, 2.05) is 0 Å². The van der Waals surface area contributed by atoms with Gasteiger partial charge in [0, 0.05) is 25.8 Å². The second kappa shape index (κ2) is 5.38. The van der Waals surface area contributed by atoms with E-state index < -0.39 is 11.0 Å². The third-order valence-electron chi connectivity index (χ3n) is 4.04. The first-order chi connectivity index (χ1) is 10.5. The molecular weight excluding hydrogens is 290 g/mol. The van der Waals surface area contributed by atoms with Gasteiger partial charge in [0.15, 0.2) is 0 Å². The van der Waals surface area contributed by atoms with Crippen molar-refractivity contribution < 1.29 is 19.2 Å². The summed E-state index contributed by atoms with van der Waals surface area (Å²) in [7, 11) is 1.46. The number of benzene rings is 1. The van der Waals surface area contributed by atoms with Crippen molar-refractivity contribution in [1.29, 1.82) is 0 Å². The topological polar surface area (TPSA) is 93.0 Å². The lowest BCUT2D eigenvalue weighted by molar-refractivity contribution is -0.384. The molecule has 2 aliphatic heterocycles. The van der Waals surface area contributed by atoms with Crippen molar-refractivity contribution in [2.75, 3.05) is 25.3 Å². The zero-order valence-electron chi connectivity index (χ0n) is 12.0. The molecule has 1 saturated heterocycles. The first kappa shape index (κ1) is 14.5. The smallest absolute Gasteiger partial charge is 0.270 e. The van der Waals surface area contributed by atoms with E-state index in [0.29, 0.717) is 18.7 Å². The third-order valence-corrected chi connectivity index (χ3v) is 4.04. The molecule has 8 heteroatoms. The van der Waals surface area contributed by atoms with Crippen molar-refractivity contribution in [2.24, 2.45) is 0 Å². The van der Waals surface area contributed by atoms with Crippen LogP contribution in [0.4, 0.5) is 11.4 Å². The maximum Gasteiger partial charge on any atom is 0.270 e. The van der Waals surface area contributed by atoms with Gasteiger partial charge in [0.2, 0.25) is 0 Å². The number of nitro benzene ring substituents is 1. The Morgan fingerprint density at radius 2 is 2.18 bits per heavy atom. The number of nitrogens with zero attached hydrogens (tertiary/aromatic N) is 3. The minimum atomic E-state index is -0.553. The van der Waals surface area contributed by atoms with E-state index in [4.69, 9.17) is 4.74 Å². The predicted molar refractivity (Wildman–Crippen MR) is 76.5 cm³/mol. The van der Waals surface area contributed by atoms with Crippen LogP contribution in [0.2, 0.25) is 0 Å². The predicted octanol–water partition coefficient (Wildman–Crippen LogP) is 1.15. The summed E-state index contributed by atoms with van der Waals surface area (Å²) < 4.78 is 5.07. The Labute approximate surface area is 126 Å². The van der Waals surface area contributed by atoms with Crippen LogP contribution in [0.3, 0.4) is 0 Å². The van der Waals surface area contributed by atoms with Crippen molar-refractivity contribution in [3.05, 3.63) is 33.9 Å². The summed E-state index contributed by atoms with van der Waals surface area (Å²) in [6, 6.07) is 3.44. The van der Waals surface area contributed by atoms with Crippen LogP contribution in [0.25, 0.3) is 0 Å². The van der Waals surface area contributed by atoms with Gasteiger partial charge in [-0.05, 0) is 18.9 Å². The standard InChI is InChI=1S/C14H15N3O5/c1-22-8-16-11-5-4-9(17(20)21)7-10(11)13(18)15-6-2-3-12(15)14(16)19/h4-5,7,12H,2-3,6,8H2,1H3. The van der Waals surface area contributed by atoms with Crippen molar-refractivity contribution in [3.8, 4) is 0 Å². The first-order valence-corrected chi connectivity index (χ1v) is 6.94. The number of hydrogen-bond donors (Lipinski definition) is 0. The van der Waals surface area contributed by atoms with Gasteiger partial charge >= 0.3 is 0 Å². The normalized spacial score (nSPS) is 20.7. The Hall–Kier alpha value is -2.48. The van der Waals surface area contributed by atoms with E-state index in [9.17, 15) is 19.7 Å². The van der Waals surface area contributed by atoms with E-state index in [-0.39, 0.29) is 29.8 Å². The highest BCUT2D eigenvalue weighted by Crippen LogP contribution is 2.34. The fourth-order valence-electron chi connectivity index (χ4n) is 3.03. The second-order valence-electron chi connectivity index (χ2n) is 5.30. The summed E-state index contributed by atoms with van der Waals surface area (Å²) in [5, 5.41) is 11.0. The monoisotopic (exact) mass is 305 g/mol. The number of nitro groups is 1. The van der Waals surface area contributed by atoms with Gasteiger partial charge in [-0.15, -0.1) is 0 Å². The molecule has 116 valence electrons. The molecule has 2 amide bonds. The van der Waals surface area contributed by atoms with Crippen LogP contribution < -0.4 is 4.90 Å². The van der Waals surface area contributed by atoms with Gasteiger partial charge in [-0.3, -0.25) is 24.6 Å². The first-order valence-electron chi connectivity index (χ1n) is 6.94. The third kappa shape index (κ3) is 2.12. The van der Waals surface area contributed by atoms with Crippen LogP contribution in [0.15, 0.2) is 18.2 Å². The maximum atomic E-state index is 12.7. The molecule has 0 N–H and O–H groups in total. The van der Waals surface area contributed by atoms with Gasteiger partial charge in [-0.2, -0.15) is 0 Å².